The van der Waals surface area contributed by atoms with Crippen LogP contribution in [0.1, 0.15) is 19.8 Å². The molecule has 2 aromatic carbocycles. The van der Waals surface area contributed by atoms with Crippen LogP contribution in [-0.2, 0) is 11.3 Å². The molecule has 40 heavy (non-hydrogen) atoms. The molecule has 11 nitrogen and oxygen atoms in total. The number of halogens is 1. The lowest BCUT2D eigenvalue weighted by Crippen LogP contribution is -2.29. The lowest BCUT2D eigenvalue weighted by atomic mass is 10.2. The Morgan fingerprint density at radius 1 is 1.12 bits per heavy atom. The molecule has 2 aromatic heterocycles. The quantitative estimate of drug-likeness (QED) is 0.189. The Kier molecular flexibility index (Phi) is 10.2. The van der Waals surface area contributed by atoms with Crippen molar-refractivity contribution in [2.45, 2.75) is 26.3 Å². The number of amides is 1. The molecule has 0 saturated heterocycles. The van der Waals surface area contributed by atoms with Gasteiger partial charge in [0.1, 0.15) is 24.5 Å². The summed E-state index contributed by atoms with van der Waals surface area (Å²) < 4.78 is 26.4. The molecule has 2 heterocycles. The van der Waals surface area contributed by atoms with E-state index in [1.807, 2.05) is 12.1 Å². The molecule has 3 N–H and O–H groups in total. The highest BCUT2D eigenvalue weighted by Crippen LogP contribution is 2.34. The second-order valence-corrected chi connectivity index (χ2v) is 9.09. The van der Waals surface area contributed by atoms with Gasteiger partial charge < -0.3 is 30.1 Å². The number of aliphatic hydroxyl groups is 1. The van der Waals surface area contributed by atoms with Crippen LogP contribution in [-0.4, -0.2) is 75.6 Å². The lowest BCUT2D eigenvalue weighted by Gasteiger charge is -2.20. The minimum absolute atomic E-state index is 0.0482. The standard InChI is InChI=1S/C28H34FN7O4/c1-3-9-35(12-13-37)10-5-14-40-25-17-23-22(16-24(25)39-2)28(31-19-30-23)33-26-8-11-36(34-26)18-27(38)32-21-7-4-6-20(29)15-21/h4,6-8,11,15-17,19,37H,3,5,9-10,12-14,18H2,1-2H3,(H,32,38)(H,30,31,33,34). The number of hydrogen-bond acceptors (Lipinski definition) is 9. The van der Waals surface area contributed by atoms with Gasteiger partial charge in [0.05, 0.1) is 25.8 Å². The minimum atomic E-state index is -0.427. The fourth-order valence-electron chi connectivity index (χ4n) is 4.25. The van der Waals surface area contributed by atoms with Crippen LogP contribution in [0.15, 0.2) is 55.0 Å². The van der Waals surface area contributed by atoms with Gasteiger partial charge in [-0.25, -0.2) is 14.4 Å². The van der Waals surface area contributed by atoms with Gasteiger partial charge in [-0.15, -0.1) is 0 Å². The lowest BCUT2D eigenvalue weighted by molar-refractivity contribution is -0.116. The average molecular weight is 552 g/mol. The van der Waals surface area contributed by atoms with Crippen molar-refractivity contribution in [1.29, 1.82) is 0 Å². The molecule has 0 saturated carbocycles. The summed E-state index contributed by atoms with van der Waals surface area (Å²) in [4.78, 5) is 23.3. The van der Waals surface area contributed by atoms with E-state index in [-0.39, 0.29) is 19.1 Å². The summed E-state index contributed by atoms with van der Waals surface area (Å²) in [5.74, 6) is 1.37. The van der Waals surface area contributed by atoms with E-state index in [4.69, 9.17) is 9.47 Å². The molecule has 0 fully saturated rings. The molecule has 0 radical (unpaired) electrons. The van der Waals surface area contributed by atoms with Gasteiger partial charge in [-0.05, 0) is 43.7 Å². The molecule has 0 unspecified atom stereocenters. The SMILES string of the molecule is CCCN(CCO)CCCOc1cc2ncnc(Nc3ccn(CC(=O)Nc4cccc(F)c4)n3)c2cc1OC. The average Bonchev–Trinajstić information content (AvgIpc) is 3.37. The van der Waals surface area contributed by atoms with Crippen LogP contribution < -0.4 is 20.1 Å². The Morgan fingerprint density at radius 2 is 2.00 bits per heavy atom. The van der Waals surface area contributed by atoms with Crippen LogP contribution in [0.25, 0.3) is 10.9 Å². The molecule has 4 aromatic rings. The number of rotatable bonds is 15. The number of carbonyl (C=O) groups is 1. The number of hydrogen-bond donors (Lipinski definition) is 3. The summed E-state index contributed by atoms with van der Waals surface area (Å²) in [5.41, 5.74) is 1.04. The van der Waals surface area contributed by atoms with Crippen LogP contribution in [0.3, 0.4) is 0 Å². The third-order valence-electron chi connectivity index (χ3n) is 6.05. The van der Waals surface area contributed by atoms with Crippen molar-refractivity contribution in [3.05, 3.63) is 60.8 Å². The first-order chi connectivity index (χ1) is 19.5. The molecule has 12 heteroatoms. The van der Waals surface area contributed by atoms with Crippen molar-refractivity contribution in [2.75, 3.05) is 50.6 Å². The maximum absolute atomic E-state index is 13.4. The highest BCUT2D eigenvalue weighted by atomic mass is 19.1. The van der Waals surface area contributed by atoms with Crippen molar-refractivity contribution in [3.63, 3.8) is 0 Å². The van der Waals surface area contributed by atoms with Crippen molar-refractivity contribution >= 4 is 34.1 Å². The molecule has 0 atom stereocenters. The van der Waals surface area contributed by atoms with Crippen LogP contribution in [0.4, 0.5) is 21.7 Å². The third kappa shape index (κ3) is 7.87. The zero-order valence-electron chi connectivity index (χ0n) is 22.6. The fraction of sp³-hybridized carbons (Fsp3) is 0.357. The molecular formula is C28H34FN7O4. The van der Waals surface area contributed by atoms with Crippen molar-refractivity contribution in [2.24, 2.45) is 0 Å². The maximum Gasteiger partial charge on any atom is 0.246 e. The summed E-state index contributed by atoms with van der Waals surface area (Å²) in [7, 11) is 1.58. The number of carbonyl (C=O) groups excluding carboxylic acids is 1. The molecular weight excluding hydrogens is 517 g/mol. The van der Waals surface area contributed by atoms with Gasteiger partial charge in [0, 0.05) is 42.5 Å². The molecule has 0 aliphatic heterocycles. The Labute approximate surface area is 231 Å². The Bertz CT molecular complexity index is 1410. The summed E-state index contributed by atoms with van der Waals surface area (Å²) in [6.07, 6.45) is 4.94. The van der Waals surface area contributed by atoms with Crippen LogP contribution >= 0.6 is 0 Å². The highest BCUT2D eigenvalue weighted by Gasteiger charge is 2.14. The van der Waals surface area contributed by atoms with Gasteiger partial charge in [-0.1, -0.05) is 13.0 Å². The summed E-state index contributed by atoms with van der Waals surface area (Å²) in [6.45, 7) is 5.13. The first kappa shape index (κ1) is 28.7. The number of ether oxygens (including phenoxy) is 2. The van der Waals surface area contributed by atoms with E-state index in [9.17, 15) is 14.3 Å². The number of nitrogens with one attached hydrogen (secondary N) is 2. The number of benzene rings is 2. The fourth-order valence-corrected chi connectivity index (χ4v) is 4.25. The number of nitrogens with zero attached hydrogens (tertiary/aromatic N) is 5. The van der Waals surface area contributed by atoms with E-state index in [2.05, 4.69) is 37.5 Å². The zero-order valence-corrected chi connectivity index (χ0v) is 22.6. The zero-order chi connectivity index (χ0) is 28.3. The van der Waals surface area contributed by atoms with Crippen molar-refractivity contribution in [3.8, 4) is 11.5 Å². The van der Waals surface area contributed by atoms with Crippen molar-refractivity contribution < 1.29 is 23.8 Å². The molecule has 0 aliphatic rings. The first-order valence-corrected chi connectivity index (χ1v) is 13.1. The summed E-state index contributed by atoms with van der Waals surface area (Å²) in [5, 5.41) is 20.2. The predicted octanol–water partition coefficient (Wildman–Crippen LogP) is 3.83. The van der Waals surface area contributed by atoms with E-state index >= 15 is 0 Å². The number of aromatic nitrogens is 4. The number of anilines is 3. The van der Waals surface area contributed by atoms with E-state index in [1.165, 1.54) is 29.2 Å². The normalized spacial score (nSPS) is 11.1. The Balaban J connectivity index is 1.40. The van der Waals surface area contributed by atoms with Crippen molar-refractivity contribution in [1.82, 2.24) is 24.6 Å². The largest absolute Gasteiger partial charge is 0.493 e. The van der Waals surface area contributed by atoms with Gasteiger partial charge in [0.2, 0.25) is 5.91 Å². The smallest absolute Gasteiger partial charge is 0.246 e. The number of aliphatic hydroxyl groups excluding tert-OH is 1. The molecule has 1 amide bonds. The van der Waals surface area contributed by atoms with Crippen LogP contribution in [0, 0.1) is 5.82 Å². The van der Waals surface area contributed by atoms with Gasteiger partial charge in [0.25, 0.3) is 0 Å². The van der Waals surface area contributed by atoms with E-state index in [1.54, 1.807) is 25.4 Å². The van der Waals surface area contributed by atoms with E-state index in [0.29, 0.717) is 52.9 Å². The second-order valence-electron chi connectivity index (χ2n) is 9.09. The minimum Gasteiger partial charge on any atom is -0.493 e. The summed E-state index contributed by atoms with van der Waals surface area (Å²) in [6, 6.07) is 11.0. The van der Waals surface area contributed by atoms with Gasteiger partial charge in [0.15, 0.2) is 17.3 Å². The predicted molar refractivity (Wildman–Crippen MR) is 151 cm³/mol. The highest BCUT2D eigenvalue weighted by molar-refractivity contribution is 5.93. The number of methoxy groups -OCH3 is 1. The molecule has 0 aliphatic carbocycles. The molecule has 4 rings (SSSR count). The maximum atomic E-state index is 13.4. The summed E-state index contributed by atoms with van der Waals surface area (Å²) >= 11 is 0. The Hall–Kier alpha value is -4.29. The van der Waals surface area contributed by atoms with Gasteiger partial charge in [-0.3, -0.25) is 9.48 Å². The van der Waals surface area contributed by atoms with E-state index < -0.39 is 5.82 Å². The topological polar surface area (TPSA) is 127 Å². The Morgan fingerprint density at radius 3 is 2.77 bits per heavy atom. The number of fused-ring (bicyclic) bond motifs is 1. The first-order valence-electron chi connectivity index (χ1n) is 13.1. The molecule has 0 spiro atoms. The molecule has 0 bridgehead atoms. The second kappa shape index (κ2) is 14.2. The van der Waals surface area contributed by atoms with Crippen LogP contribution in [0.5, 0.6) is 11.5 Å². The van der Waals surface area contributed by atoms with Crippen LogP contribution in [0.2, 0.25) is 0 Å². The van der Waals surface area contributed by atoms with E-state index in [0.717, 1.165) is 25.9 Å². The monoisotopic (exact) mass is 551 g/mol. The molecule has 212 valence electrons. The van der Waals surface area contributed by atoms with Gasteiger partial charge in [-0.2, -0.15) is 5.10 Å². The van der Waals surface area contributed by atoms with Gasteiger partial charge >= 0.3 is 0 Å². The third-order valence-corrected chi connectivity index (χ3v) is 6.05.